The Balaban J connectivity index is 3.18. The third-order valence-corrected chi connectivity index (χ3v) is 10.9. The van der Waals surface area contributed by atoms with Crippen LogP contribution < -0.4 is 0 Å². The Morgan fingerprint density at radius 2 is 0.755 bits per heavy atom. The zero-order chi connectivity index (χ0) is 35.6. The van der Waals surface area contributed by atoms with Crippen molar-refractivity contribution < 1.29 is 9.53 Å². The third kappa shape index (κ3) is 43.3. The van der Waals surface area contributed by atoms with E-state index in [0.717, 1.165) is 18.8 Å². The van der Waals surface area contributed by atoms with E-state index in [1.165, 1.54) is 231 Å². The van der Waals surface area contributed by atoms with Gasteiger partial charge in [-0.1, -0.05) is 238 Å². The first-order valence-corrected chi connectivity index (χ1v) is 23.0. The molecule has 0 aliphatic heterocycles. The maximum absolute atomic E-state index is 12.0. The average Bonchev–Trinajstić information content (AvgIpc) is 3.11. The van der Waals surface area contributed by atoms with E-state index in [-0.39, 0.29) is 5.97 Å². The van der Waals surface area contributed by atoms with Crippen LogP contribution in [0.2, 0.25) is 0 Å². The number of carbonyl (C=O) groups excluding carboxylic acids is 1. The van der Waals surface area contributed by atoms with E-state index >= 15 is 0 Å². The monoisotopic (exact) mass is 689 g/mol. The molecule has 0 fully saturated rings. The standard InChI is InChI=1S/C47H92O2/c1-4-6-7-8-9-10-11-12-13-14-16-20-23-26-29-32-35-38-41-44-47(48)49-45-42-39-36-33-30-27-24-21-18-15-17-19-22-25-28-31-34-37-40-43-46(3)5-2/h12-13,46H,4-11,14-45H2,1-3H3. The summed E-state index contributed by atoms with van der Waals surface area (Å²) in [7, 11) is 0. The maximum atomic E-state index is 12.0. The molecule has 2 heteroatoms. The summed E-state index contributed by atoms with van der Waals surface area (Å²) in [6.45, 7) is 7.63. The highest BCUT2D eigenvalue weighted by Crippen LogP contribution is 2.17. The molecule has 0 spiro atoms. The van der Waals surface area contributed by atoms with Gasteiger partial charge in [0.05, 0.1) is 6.61 Å². The first-order chi connectivity index (χ1) is 24.2. The van der Waals surface area contributed by atoms with Crippen LogP contribution in [-0.4, -0.2) is 12.6 Å². The smallest absolute Gasteiger partial charge is 0.305 e. The van der Waals surface area contributed by atoms with E-state index in [1.807, 2.05) is 0 Å². The van der Waals surface area contributed by atoms with Gasteiger partial charge in [-0.3, -0.25) is 4.79 Å². The molecular weight excluding hydrogens is 597 g/mol. The molecule has 1 atom stereocenters. The molecule has 0 heterocycles. The lowest BCUT2D eigenvalue weighted by Gasteiger charge is -2.07. The maximum Gasteiger partial charge on any atom is 0.305 e. The molecule has 0 rings (SSSR count). The lowest BCUT2D eigenvalue weighted by Crippen LogP contribution is -2.05. The summed E-state index contributed by atoms with van der Waals surface area (Å²) >= 11 is 0. The minimum Gasteiger partial charge on any atom is -0.466 e. The van der Waals surface area contributed by atoms with Crippen molar-refractivity contribution in [3.05, 3.63) is 12.2 Å². The quantitative estimate of drug-likeness (QED) is 0.0362. The number of unbranched alkanes of at least 4 members (excludes halogenated alkanes) is 33. The van der Waals surface area contributed by atoms with Crippen molar-refractivity contribution in [2.75, 3.05) is 6.61 Å². The Bertz CT molecular complexity index is 640. The van der Waals surface area contributed by atoms with Crippen LogP contribution in [0, 0.1) is 5.92 Å². The summed E-state index contributed by atoms with van der Waals surface area (Å²) < 4.78 is 5.48. The summed E-state index contributed by atoms with van der Waals surface area (Å²) in [5, 5.41) is 0. The van der Waals surface area contributed by atoms with Gasteiger partial charge in [0, 0.05) is 6.42 Å². The number of rotatable bonds is 42. The Kier molecular flexibility index (Phi) is 42.7. The Labute approximate surface area is 310 Å². The van der Waals surface area contributed by atoms with Gasteiger partial charge in [-0.15, -0.1) is 0 Å². The highest BCUT2D eigenvalue weighted by atomic mass is 16.5. The number of carbonyl (C=O) groups is 1. The molecule has 0 saturated heterocycles. The number of ether oxygens (including phenoxy) is 1. The number of hydrogen-bond donors (Lipinski definition) is 0. The predicted octanol–water partition coefficient (Wildman–Crippen LogP) is 17.0. The van der Waals surface area contributed by atoms with Gasteiger partial charge in [0.2, 0.25) is 0 Å². The summed E-state index contributed by atoms with van der Waals surface area (Å²) in [4.78, 5) is 12.0. The Hall–Kier alpha value is -0.790. The molecule has 0 aromatic heterocycles. The average molecular weight is 689 g/mol. The molecule has 0 N–H and O–H groups in total. The lowest BCUT2D eigenvalue weighted by molar-refractivity contribution is -0.143. The minimum absolute atomic E-state index is 0.0271. The van der Waals surface area contributed by atoms with Crippen LogP contribution in [0.3, 0.4) is 0 Å². The molecule has 0 saturated carbocycles. The first kappa shape index (κ1) is 48.2. The predicted molar refractivity (Wildman–Crippen MR) is 221 cm³/mol. The van der Waals surface area contributed by atoms with E-state index in [1.54, 1.807) is 0 Å². The fraction of sp³-hybridized carbons (Fsp3) is 0.936. The Morgan fingerprint density at radius 3 is 1.14 bits per heavy atom. The van der Waals surface area contributed by atoms with Gasteiger partial charge in [0.15, 0.2) is 0 Å². The van der Waals surface area contributed by atoms with Crippen LogP contribution in [0.15, 0.2) is 12.2 Å². The van der Waals surface area contributed by atoms with Gasteiger partial charge in [-0.25, -0.2) is 0 Å². The van der Waals surface area contributed by atoms with Gasteiger partial charge in [-0.05, 0) is 44.4 Å². The van der Waals surface area contributed by atoms with Crippen LogP contribution in [-0.2, 0) is 9.53 Å². The van der Waals surface area contributed by atoms with Crippen molar-refractivity contribution in [3.63, 3.8) is 0 Å². The summed E-state index contributed by atoms with van der Waals surface area (Å²) in [6, 6.07) is 0. The second-order valence-corrected chi connectivity index (χ2v) is 16.0. The van der Waals surface area contributed by atoms with Crippen LogP contribution in [0.5, 0.6) is 0 Å². The second-order valence-electron chi connectivity index (χ2n) is 16.0. The molecule has 2 nitrogen and oxygen atoms in total. The van der Waals surface area contributed by atoms with Crippen LogP contribution in [0.4, 0.5) is 0 Å². The van der Waals surface area contributed by atoms with Crippen molar-refractivity contribution in [1.29, 1.82) is 0 Å². The number of hydrogen-bond acceptors (Lipinski definition) is 2. The van der Waals surface area contributed by atoms with Gasteiger partial charge in [0.25, 0.3) is 0 Å². The molecule has 0 bridgehead atoms. The number of allylic oxidation sites excluding steroid dienone is 2. The van der Waals surface area contributed by atoms with Crippen LogP contribution in [0.1, 0.15) is 271 Å². The van der Waals surface area contributed by atoms with E-state index in [9.17, 15) is 4.79 Å². The SMILES string of the molecule is CCCCCCCCC=CCCCCCCCCCCCC(=O)OCCCCCCCCCCCCCCCCCCCCCC(C)CC. The van der Waals surface area contributed by atoms with Crippen molar-refractivity contribution in [2.24, 2.45) is 5.92 Å². The largest absolute Gasteiger partial charge is 0.466 e. The molecule has 0 aliphatic rings. The van der Waals surface area contributed by atoms with Crippen molar-refractivity contribution in [3.8, 4) is 0 Å². The molecule has 49 heavy (non-hydrogen) atoms. The summed E-state index contributed by atoms with van der Waals surface area (Å²) in [6.07, 6.45) is 57.4. The molecule has 1 unspecified atom stereocenters. The van der Waals surface area contributed by atoms with Gasteiger partial charge < -0.3 is 4.74 Å². The first-order valence-electron chi connectivity index (χ1n) is 23.0. The minimum atomic E-state index is 0.0271. The molecular formula is C47H92O2. The fourth-order valence-corrected chi connectivity index (χ4v) is 7.11. The number of esters is 1. The fourth-order valence-electron chi connectivity index (χ4n) is 7.11. The lowest BCUT2D eigenvalue weighted by atomic mass is 9.99. The van der Waals surface area contributed by atoms with Gasteiger partial charge >= 0.3 is 5.97 Å². The van der Waals surface area contributed by atoms with Crippen molar-refractivity contribution in [1.82, 2.24) is 0 Å². The van der Waals surface area contributed by atoms with Crippen LogP contribution in [0.25, 0.3) is 0 Å². The normalized spacial score (nSPS) is 12.3. The summed E-state index contributed by atoms with van der Waals surface area (Å²) in [5.74, 6) is 0.960. The highest BCUT2D eigenvalue weighted by Gasteiger charge is 2.03. The van der Waals surface area contributed by atoms with E-state index < -0.39 is 0 Å². The van der Waals surface area contributed by atoms with Crippen LogP contribution >= 0.6 is 0 Å². The molecule has 0 aromatic rings. The second kappa shape index (κ2) is 43.4. The van der Waals surface area contributed by atoms with E-state index in [0.29, 0.717) is 13.0 Å². The molecule has 0 amide bonds. The van der Waals surface area contributed by atoms with E-state index in [4.69, 9.17) is 4.74 Å². The molecule has 292 valence electrons. The summed E-state index contributed by atoms with van der Waals surface area (Å²) in [5.41, 5.74) is 0. The Morgan fingerprint density at radius 1 is 0.429 bits per heavy atom. The zero-order valence-electron chi connectivity index (χ0n) is 34.3. The van der Waals surface area contributed by atoms with Gasteiger partial charge in [-0.2, -0.15) is 0 Å². The molecule has 0 aromatic carbocycles. The van der Waals surface area contributed by atoms with Gasteiger partial charge in [0.1, 0.15) is 0 Å². The highest BCUT2D eigenvalue weighted by molar-refractivity contribution is 5.69. The molecule has 0 aliphatic carbocycles. The third-order valence-electron chi connectivity index (χ3n) is 10.9. The molecule has 0 radical (unpaired) electrons. The van der Waals surface area contributed by atoms with Crippen molar-refractivity contribution in [2.45, 2.75) is 271 Å². The van der Waals surface area contributed by atoms with E-state index in [2.05, 4.69) is 32.9 Å². The zero-order valence-corrected chi connectivity index (χ0v) is 34.3. The topological polar surface area (TPSA) is 26.3 Å². The van der Waals surface area contributed by atoms with Crippen molar-refractivity contribution >= 4 is 5.97 Å².